The molecule has 3 rings (SSSR count). The molecule has 0 aromatic carbocycles. The van der Waals surface area contributed by atoms with Gasteiger partial charge < -0.3 is 10.4 Å². The van der Waals surface area contributed by atoms with Gasteiger partial charge in [0.05, 0.1) is 22.9 Å². The van der Waals surface area contributed by atoms with Gasteiger partial charge in [0.1, 0.15) is 10.8 Å². The number of amides is 1. The number of hydrogen-bond donors (Lipinski definition) is 2. The summed E-state index contributed by atoms with van der Waals surface area (Å²) in [7, 11) is 0. The summed E-state index contributed by atoms with van der Waals surface area (Å²) in [5.74, 6) is -0.286. The highest BCUT2D eigenvalue weighted by molar-refractivity contribution is 6.32. The third kappa shape index (κ3) is 4.53. The second-order valence-corrected chi connectivity index (χ2v) is 7.43. The molecule has 26 heavy (non-hydrogen) atoms. The first-order valence-electron chi connectivity index (χ1n) is 8.69. The number of halogens is 2. The van der Waals surface area contributed by atoms with Crippen LogP contribution in [-0.4, -0.2) is 33.1 Å². The van der Waals surface area contributed by atoms with Gasteiger partial charge in [-0.1, -0.05) is 42.1 Å². The zero-order valence-corrected chi connectivity index (χ0v) is 16.0. The predicted molar refractivity (Wildman–Crippen MR) is 102 cm³/mol. The fourth-order valence-electron chi connectivity index (χ4n) is 3.22. The fourth-order valence-corrected chi connectivity index (χ4v) is 3.50. The molecule has 1 amide bonds. The lowest BCUT2D eigenvalue weighted by molar-refractivity contribution is 0.0713. The molecule has 0 saturated heterocycles. The number of rotatable bonds is 4. The lowest BCUT2D eigenvalue weighted by atomic mass is 9.92. The van der Waals surface area contributed by atoms with Crippen LogP contribution in [-0.2, 0) is 6.42 Å². The molecule has 1 saturated carbocycles. The van der Waals surface area contributed by atoms with Crippen molar-refractivity contribution in [2.45, 2.75) is 51.2 Å². The Morgan fingerprint density at radius 2 is 2.08 bits per heavy atom. The molecule has 2 N–H and O–H groups in total. The van der Waals surface area contributed by atoms with Crippen molar-refractivity contribution in [1.29, 1.82) is 0 Å². The van der Waals surface area contributed by atoms with Gasteiger partial charge in [0.15, 0.2) is 0 Å². The minimum Gasteiger partial charge on any atom is -0.391 e. The molecule has 0 spiro atoms. The summed E-state index contributed by atoms with van der Waals surface area (Å²) in [5, 5.41) is 13.9. The number of hydrogen-bond acceptors (Lipinski definition) is 4. The molecule has 1 aliphatic carbocycles. The molecule has 2 atom stereocenters. The van der Waals surface area contributed by atoms with Gasteiger partial charge in [0.25, 0.3) is 5.91 Å². The maximum atomic E-state index is 12.6. The van der Waals surface area contributed by atoms with Crippen molar-refractivity contribution in [2.24, 2.45) is 0 Å². The van der Waals surface area contributed by atoms with Crippen molar-refractivity contribution >= 4 is 29.1 Å². The van der Waals surface area contributed by atoms with Crippen LogP contribution >= 0.6 is 23.2 Å². The Kier molecular flexibility index (Phi) is 6.12. The number of nitrogens with zero attached hydrogens (tertiary/aromatic N) is 2. The van der Waals surface area contributed by atoms with Crippen molar-refractivity contribution in [3.05, 3.63) is 57.1 Å². The summed E-state index contributed by atoms with van der Waals surface area (Å²) in [6.45, 7) is 1.78. The van der Waals surface area contributed by atoms with E-state index in [9.17, 15) is 9.90 Å². The Morgan fingerprint density at radius 1 is 1.31 bits per heavy atom. The van der Waals surface area contributed by atoms with E-state index in [0.29, 0.717) is 34.4 Å². The summed E-state index contributed by atoms with van der Waals surface area (Å²) in [6.07, 6.45) is 5.20. The largest absolute Gasteiger partial charge is 0.391 e. The summed E-state index contributed by atoms with van der Waals surface area (Å²) in [6, 6.07) is 5.07. The molecule has 0 radical (unpaired) electrons. The summed E-state index contributed by atoms with van der Waals surface area (Å²) >= 11 is 12.2. The van der Waals surface area contributed by atoms with E-state index in [-0.39, 0.29) is 11.9 Å². The molecule has 7 heteroatoms. The van der Waals surface area contributed by atoms with Crippen LogP contribution in [0.4, 0.5) is 0 Å². The average Bonchev–Trinajstić information content (AvgIpc) is 2.62. The van der Waals surface area contributed by atoms with E-state index in [0.717, 1.165) is 30.4 Å². The van der Waals surface area contributed by atoms with Gasteiger partial charge in [-0.15, -0.1) is 0 Å². The normalized spacial score (nSPS) is 20.0. The molecule has 2 aromatic rings. The quantitative estimate of drug-likeness (QED) is 0.776. The van der Waals surface area contributed by atoms with E-state index < -0.39 is 6.10 Å². The number of aromatic nitrogens is 2. The van der Waals surface area contributed by atoms with Crippen molar-refractivity contribution in [3.8, 4) is 0 Å². The van der Waals surface area contributed by atoms with E-state index in [1.165, 1.54) is 0 Å². The number of aliphatic hydroxyl groups is 1. The van der Waals surface area contributed by atoms with Crippen LogP contribution in [0, 0.1) is 6.92 Å². The Bertz CT molecular complexity index is 796. The van der Waals surface area contributed by atoms with E-state index >= 15 is 0 Å². The zero-order valence-electron chi connectivity index (χ0n) is 14.5. The van der Waals surface area contributed by atoms with Gasteiger partial charge in [0, 0.05) is 12.6 Å². The smallest absolute Gasteiger partial charge is 0.270 e. The van der Waals surface area contributed by atoms with Gasteiger partial charge >= 0.3 is 0 Å². The van der Waals surface area contributed by atoms with Crippen LogP contribution in [0.3, 0.4) is 0 Å². The summed E-state index contributed by atoms with van der Waals surface area (Å²) in [5.41, 5.74) is 2.65. The second kappa shape index (κ2) is 8.33. The molecule has 0 aliphatic heterocycles. The molecule has 1 fully saturated rings. The van der Waals surface area contributed by atoms with E-state index in [1.807, 2.05) is 6.07 Å². The molecular formula is C19H21Cl2N3O2. The first kappa shape index (κ1) is 19.1. The van der Waals surface area contributed by atoms with Gasteiger partial charge in [-0.2, -0.15) is 0 Å². The minimum absolute atomic E-state index is 0.224. The van der Waals surface area contributed by atoms with E-state index in [4.69, 9.17) is 23.2 Å². The third-order valence-electron chi connectivity index (χ3n) is 4.66. The van der Waals surface area contributed by atoms with E-state index in [2.05, 4.69) is 15.3 Å². The SMILES string of the molecule is Cc1nc(C(=O)NC2CCCC[C@@H]2O)cc(Cc2ccc(Cl)nc2)c1Cl. The van der Waals surface area contributed by atoms with Crippen molar-refractivity contribution in [3.63, 3.8) is 0 Å². The third-order valence-corrected chi connectivity index (χ3v) is 5.40. The molecule has 138 valence electrons. The average molecular weight is 394 g/mol. The van der Waals surface area contributed by atoms with Gasteiger partial charge in [-0.3, -0.25) is 4.79 Å². The number of carbonyl (C=O) groups is 1. The Morgan fingerprint density at radius 3 is 2.77 bits per heavy atom. The van der Waals surface area contributed by atoms with Crippen LogP contribution < -0.4 is 5.32 Å². The van der Waals surface area contributed by atoms with Crippen molar-refractivity contribution in [2.75, 3.05) is 0 Å². The first-order valence-corrected chi connectivity index (χ1v) is 9.45. The second-order valence-electron chi connectivity index (χ2n) is 6.66. The van der Waals surface area contributed by atoms with Crippen LogP contribution in [0.2, 0.25) is 10.2 Å². The van der Waals surface area contributed by atoms with E-state index in [1.54, 1.807) is 25.3 Å². The number of nitrogens with one attached hydrogen (secondary N) is 1. The predicted octanol–water partition coefficient (Wildman–Crippen LogP) is 3.72. The van der Waals surface area contributed by atoms with Crippen LogP contribution in [0.15, 0.2) is 24.4 Å². The van der Waals surface area contributed by atoms with Crippen molar-refractivity contribution in [1.82, 2.24) is 15.3 Å². The number of aryl methyl sites for hydroxylation is 1. The Balaban J connectivity index is 1.80. The number of carbonyl (C=O) groups excluding carboxylic acids is 1. The zero-order chi connectivity index (χ0) is 18.7. The number of pyridine rings is 2. The maximum Gasteiger partial charge on any atom is 0.270 e. The fraction of sp³-hybridized carbons (Fsp3) is 0.421. The van der Waals surface area contributed by atoms with Gasteiger partial charge in [-0.05, 0) is 43.0 Å². The van der Waals surface area contributed by atoms with Crippen LogP contribution in [0.1, 0.15) is 53.0 Å². The van der Waals surface area contributed by atoms with Crippen LogP contribution in [0.25, 0.3) is 0 Å². The monoisotopic (exact) mass is 393 g/mol. The lowest BCUT2D eigenvalue weighted by Crippen LogP contribution is -2.45. The maximum absolute atomic E-state index is 12.6. The molecular weight excluding hydrogens is 373 g/mol. The Hall–Kier alpha value is -1.69. The molecule has 2 heterocycles. The molecule has 2 aromatic heterocycles. The molecule has 5 nitrogen and oxygen atoms in total. The highest BCUT2D eigenvalue weighted by atomic mass is 35.5. The Labute approximate surface area is 162 Å². The number of aliphatic hydroxyl groups excluding tert-OH is 1. The highest BCUT2D eigenvalue weighted by Gasteiger charge is 2.25. The summed E-state index contributed by atoms with van der Waals surface area (Å²) in [4.78, 5) is 21.0. The van der Waals surface area contributed by atoms with Gasteiger partial charge in [-0.25, -0.2) is 9.97 Å². The lowest BCUT2D eigenvalue weighted by Gasteiger charge is -2.28. The highest BCUT2D eigenvalue weighted by Crippen LogP contribution is 2.24. The van der Waals surface area contributed by atoms with Gasteiger partial charge in [0.2, 0.25) is 0 Å². The topological polar surface area (TPSA) is 75.1 Å². The molecule has 1 aliphatic rings. The first-order chi connectivity index (χ1) is 12.4. The molecule has 1 unspecified atom stereocenters. The minimum atomic E-state index is -0.499. The molecule has 0 bridgehead atoms. The summed E-state index contributed by atoms with van der Waals surface area (Å²) < 4.78 is 0. The van der Waals surface area contributed by atoms with Crippen molar-refractivity contribution < 1.29 is 9.90 Å². The van der Waals surface area contributed by atoms with Crippen LogP contribution in [0.5, 0.6) is 0 Å². The standard InChI is InChI=1S/C19H21Cl2N3O2/c1-11-18(21)13(8-12-6-7-17(20)22-10-12)9-15(23-11)19(26)24-14-4-2-3-5-16(14)25/h6-7,9-10,14,16,25H,2-5,8H2,1H3,(H,24,26)/t14?,16-/m0/s1.